The van der Waals surface area contributed by atoms with Crippen molar-refractivity contribution in [2.45, 2.75) is 39.0 Å². The lowest BCUT2D eigenvalue weighted by atomic mass is 10.1. The summed E-state index contributed by atoms with van der Waals surface area (Å²) in [5.74, 6) is 0.0460. The van der Waals surface area contributed by atoms with E-state index in [-0.39, 0.29) is 35.5 Å². The number of hydrogen-bond acceptors (Lipinski definition) is 4. The fraction of sp³-hybridized carbons (Fsp3) is 0.619. The maximum absolute atomic E-state index is 12.2. The van der Waals surface area contributed by atoms with Gasteiger partial charge in [0, 0.05) is 5.02 Å². The molecule has 0 spiro atoms. The van der Waals surface area contributed by atoms with Gasteiger partial charge in [-0.25, -0.2) is 4.79 Å². The minimum Gasteiger partial charge on any atom is -1.00 e. The minimum absolute atomic E-state index is 0. The Hall–Kier alpha value is -1.02. The second-order valence-electron chi connectivity index (χ2n) is 7.52. The van der Waals surface area contributed by atoms with Gasteiger partial charge in [-0.05, 0) is 43.9 Å². The monoisotopic (exact) mass is 524 g/mol. The molecule has 6 nitrogen and oxygen atoms in total. The number of esters is 1. The molecule has 2 rings (SSSR count). The molecule has 1 aliphatic rings. The van der Waals surface area contributed by atoms with Crippen LogP contribution in [0.15, 0.2) is 18.2 Å². The zero-order valence-electron chi connectivity index (χ0n) is 17.4. The molecule has 30 heavy (non-hydrogen) atoms. The zero-order chi connectivity index (χ0) is 21.1. The fourth-order valence-electron chi connectivity index (χ4n) is 3.51. The minimum atomic E-state index is -0.225. The standard InChI is InChI=1S/C21H30Cl2N2O4.BrH/c1-2-3-13-28-21(27)15-25(10-5-4-6-11-25)12-9-24-20(26)16-29-19-8-7-17(22)14-18(19)23;/h7-8,14H,2-6,9-13,15-16H2,1H3;1H. The molecule has 1 fully saturated rings. The molecule has 0 unspecified atom stereocenters. The van der Waals surface area contributed by atoms with Crippen molar-refractivity contribution in [3.05, 3.63) is 28.2 Å². The molecule has 1 heterocycles. The van der Waals surface area contributed by atoms with Crippen molar-refractivity contribution < 1.29 is 40.5 Å². The molecule has 170 valence electrons. The highest BCUT2D eigenvalue weighted by atomic mass is 79.9. The number of nitrogens with one attached hydrogen (secondary N) is 1. The van der Waals surface area contributed by atoms with Gasteiger partial charge in [0.1, 0.15) is 5.75 Å². The molecule has 0 atom stereocenters. The van der Waals surface area contributed by atoms with Crippen LogP contribution < -0.4 is 27.0 Å². The van der Waals surface area contributed by atoms with Gasteiger partial charge in [0.05, 0.1) is 37.8 Å². The van der Waals surface area contributed by atoms with E-state index in [1.165, 1.54) is 6.42 Å². The van der Waals surface area contributed by atoms with Gasteiger partial charge in [-0.3, -0.25) is 4.79 Å². The molecule has 0 aromatic heterocycles. The molecule has 0 radical (unpaired) electrons. The van der Waals surface area contributed by atoms with E-state index in [1.807, 2.05) is 0 Å². The number of nitrogens with zero attached hydrogens (tertiary/aromatic N) is 1. The first-order valence-corrected chi connectivity index (χ1v) is 11.0. The molecule has 0 saturated carbocycles. The molecular weight excluding hydrogens is 495 g/mol. The van der Waals surface area contributed by atoms with Crippen molar-refractivity contribution in [1.82, 2.24) is 5.32 Å². The summed E-state index contributed by atoms with van der Waals surface area (Å²) in [6.07, 6.45) is 5.26. The molecule has 1 amide bonds. The molecule has 1 aromatic carbocycles. The molecule has 1 aromatic rings. The first-order valence-electron chi connectivity index (χ1n) is 10.3. The molecule has 9 heteroatoms. The first kappa shape index (κ1) is 27.0. The van der Waals surface area contributed by atoms with Crippen LogP contribution in [0.2, 0.25) is 10.0 Å². The van der Waals surface area contributed by atoms with Gasteiger partial charge in [0.25, 0.3) is 5.91 Å². The highest BCUT2D eigenvalue weighted by Crippen LogP contribution is 2.27. The number of unbranched alkanes of at least 4 members (excludes halogenated alkanes) is 1. The van der Waals surface area contributed by atoms with E-state index in [1.54, 1.807) is 18.2 Å². The lowest BCUT2D eigenvalue weighted by Crippen LogP contribution is -3.00. The molecule has 1 aliphatic heterocycles. The number of carbonyl (C=O) groups excluding carboxylic acids is 2. The highest BCUT2D eigenvalue weighted by Gasteiger charge is 2.33. The Balaban J connectivity index is 0.00000450. The quantitative estimate of drug-likeness (QED) is 0.264. The third kappa shape index (κ3) is 9.41. The zero-order valence-corrected chi connectivity index (χ0v) is 20.5. The van der Waals surface area contributed by atoms with Gasteiger partial charge < -0.3 is 36.3 Å². The van der Waals surface area contributed by atoms with Crippen molar-refractivity contribution in [3.8, 4) is 5.75 Å². The summed E-state index contributed by atoms with van der Waals surface area (Å²) in [5.41, 5.74) is 0. The van der Waals surface area contributed by atoms with Gasteiger partial charge in [0.15, 0.2) is 13.2 Å². The van der Waals surface area contributed by atoms with Gasteiger partial charge in [-0.15, -0.1) is 0 Å². The van der Waals surface area contributed by atoms with Crippen LogP contribution >= 0.6 is 23.2 Å². The number of likely N-dealkylation sites (tertiary alicyclic amines) is 1. The third-order valence-electron chi connectivity index (χ3n) is 5.15. The summed E-state index contributed by atoms with van der Waals surface area (Å²) in [4.78, 5) is 24.4. The van der Waals surface area contributed by atoms with Crippen molar-refractivity contribution in [2.75, 3.05) is 45.9 Å². The summed E-state index contributed by atoms with van der Waals surface area (Å²) in [5, 5.41) is 3.76. The summed E-state index contributed by atoms with van der Waals surface area (Å²) >= 11 is 11.9. The third-order valence-corrected chi connectivity index (χ3v) is 5.68. The maximum atomic E-state index is 12.2. The molecule has 0 aliphatic carbocycles. The maximum Gasteiger partial charge on any atom is 0.361 e. The smallest absolute Gasteiger partial charge is 0.361 e. The van der Waals surface area contributed by atoms with Crippen LogP contribution in [-0.2, 0) is 14.3 Å². The fourth-order valence-corrected chi connectivity index (χ4v) is 3.98. The summed E-state index contributed by atoms with van der Waals surface area (Å²) < 4.78 is 11.5. The average Bonchev–Trinajstić information content (AvgIpc) is 2.68. The van der Waals surface area contributed by atoms with Crippen LogP contribution in [0, 0.1) is 0 Å². The van der Waals surface area contributed by atoms with Crippen LogP contribution in [0.1, 0.15) is 39.0 Å². The van der Waals surface area contributed by atoms with E-state index in [0.717, 1.165) is 38.8 Å². The van der Waals surface area contributed by atoms with E-state index in [0.29, 0.717) is 46.5 Å². The number of benzene rings is 1. The number of carbonyl (C=O) groups is 2. The van der Waals surface area contributed by atoms with Crippen molar-refractivity contribution >= 4 is 35.1 Å². The average molecular weight is 526 g/mol. The number of amides is 1. The van der Waals surface area contributed by atoms with E-state index >= 15 is 0 Å². The van der Waals surface area contributed by atoms with Crippen LogP contribution in [0.4, 0.5) is 0 Å². The van der Waals surface area contributed by atoms with Crippen molar-refractivity contribution in [1.29, 1.82) is 0 Å². The topological polar surface area (TPSA) is 64.6 Å². The molecule has 1 saturated heterocycles. The molecular formula is C21H31BrCl2N2O4. The Morgan fingerprint density at radius 3 is 2.57 bits per heavy atom. The summed E-state index contributed by atoms with van der Waals surface area (Å²) in [7, 11) is 0. The number of rotatable bonds is 11. The van der Waals surface area contributed by atoms with Crippen LogP contribution in [0.25, 0.3) is 0 Å². The second-order valence-corrected chi connectivity index (χ2v) is 8.36. The Kier molecular flexibility index (Phi) is 12.7. The molecule has 1 N–H and O–H groups in total. The van der Waals surface area contributed by atoms with Crippen LogP contribution in [0.3, 0.4) is 0 Å². The Morgan fingerprint density at radius 2 is 1.90 bits per heavy atom. The second kappa shape index (κ2) is 14.1. The van der Waals surface area contributed by atoms with E-state index < -0.39 is 0 Å². The summed E-state index contributed by atoms with van der Waals surface area (Å²) in [6.45, 7) is 5.87. The normalized spacial score (nSPS) is 15.0. The number of halogens is 3. The number of hydrogen-bond donors (Lipinski definition) is 1. The Labute approximate surface area is 199 Å². The van der Waals surface area contributed by atoms with E-state index in [9.17, 15) is 9.59 Å². The largest absolute Gasteiger partial charge is 1.00 e. The Bertz CT molecular complexity index is 685. The number of ether oxygens (including phenoxy) is 2. The van der Waals surface area contributed by atoms with Crippen molar-refractivity contribution in [3.63, 3.8) is 0 Å². The number of quaternary nitrogens is 1. The van der Waals surface area contributed by atoms with Crippen LogP contribution in [-0.4, -0.2) is 62.3 Å². The van der Waals surface area contributed by atoms with E-state index in [4.69, 9.17) is 32.7 Å². The van der Waals surface area contributed by atoms with Gasteiger partial charge in [0.2, 0.25) is 0 Å². The van der Waals surface area contributed by atoms with E-state index in [2.05, 4.69) is 12.2 Å². The van der Waals surface area contributed by atoms with Gasteiger partial charge >= 0.3 is 5.97 Å². The first-order chi connectivity index (χ1) is 13.9. The number of piperidine rings is 1. The lowest BCUT2D eigenvalue weighted by Gasteiger charge is -2.40. The predicted molar refractivity (Wildman–Crippen MR) is 114 cm³/mol. The summed E-state index contributed by atoms with van der Waals surface area (Å²) in [6, 6.07) is 4.86. The van der Waals surface area contributed by atoms with Crippen LogP contribution in [0.5, 0.6) is 5.75 Å². The predicted octanol–water partition coefficient (Wildman–Crippen LogP) is 0.836. The van der Waals surface area contributed by atoms with Crippen molar-refractivity contribution in [2.24, 2.45) is 0 Å². The SMILES string of the molecule is CCCCOC(=O)C[N+]1(CCNC(=O)COc2ccc(Cl)cc2Cl)CCCCC1.[Br-]. The Morgan fingerprint density at radius 1 is 1.17 bits per heavy atom. The van der Waals surface area contributed by atoms with Gasteiger partial charge in [-0.1, -0.05) is 36.5 Å². The highest BCUT2D eigenvalue weighted by molar-refractivity contribution is 6.35. The molecule has 0 bridgehead atoms. The van der Waals surface area contributed by atoms with Gasteiger partial charge in [-0.2, -0.15) is 0 Å². The lowest BCUT2D eigenvalue weighted by molar-refractivity contribution is -0.924.